The first kappa shape index (κ1) is 22.0. The van der Waals surface area contributed by atoms with E-state index in [0.29, 0.717) is 19.3 Å². The van der Waals surface area contributed by atoms with Gasteiger partial charge in [-0.2, -0.15) is 0 Å². The molecule has 2 heterocycles. The molecule has 0 unspecified atom stereocenters. The number of carbonyl (C=O) groups is 1. The Labute approximate surface area is 187 Å². The second-order valence-corrected chi connectivity index (χ2v) is 9.70. The Hall–Kier alpha value is -2.17. The van der Waals surface area contributed by atoms with Crippen molar-refractivity contribution in [2.75, 3.05) is 33.4 Å². The van der Waals surface area contributed by atoms with Crippen LogP contribution in [0.2, 0.25) is 0 Å². The molecule has 0 bridgehead atoms. The molecule has 0 saturated carbocycles. The molecule has 2 aliphatic rings. The molecule has 2 aromatic rings. The number of hydrogen-bond donors (Lipinski definition) is 1. The summed E-state index contributed by atoms with van der Waals surface area (Å²) < 4.78 is 5.65. The van der Waals surface area contributed by atoms with Crippen molar-refractivity contribution in [3.05, 3.63) is 59.2 Å². The summed E-state index contributed by atoms with van der Waals surface area (Å²) in [6.07, 6.45) is 4.43. The van der Waals surface area contributed by atoms with Crippen molar-refractivity contribution in [2.24, 2.45) is 5.41 Å². The van der Waals surface area contributed by atoms with Crippen LogP contribution in [0.15, 0.2) is 42.5 Å². The van der Waals surface area contributed by atoms with Gasteiger partial charge in [-0.25, -0.2) is 0 Å². The van der Waals surface area contributed by atoms with Crippen molar-refractivity contribution in [3.63, 3.8) is 0 Å². The van der Waals surface area contributed by atoms with E-state index in [4.69, 9.17) is 4.74 Å². The topological polar surface area (TPSA) is 41.6 Å². The average Bonchev–Trinajstić information content (AvgIpc) is 2.75. The van der Waals surface area contributed by atoms with Crippen LogP contribution < -0.4 is 5.32 Å². The summed E-state index contributed by atoms with van der Waals surface area (Å²) in [7, 11) is 2.15. The zero-order valence-corrected chi connectivity index (χ0v) is 19.2. The van der Waals surface area contributed by atoms with Gasteiger partial charge in [0.15, 0.2) is 0 Å². The number of nitrogens with zero attached hydrogens (tertiary/aromatic N) is 1. The van der Waals surface area contributed by atoms with Gasteiger partial charge in [0.25, 0.3) is 0 Å². The fourth-order valence-corrected chi connectivity index (χ4v) is 5.13. The van der Waals surface area contributed by atoms with Gasteiger partial charge in [0.1, 0.15) is 0 Å². The van der Waals surface area contributed by atoms with E-state index in [1.807, 2.05) is 0 Å². The molecule has 0 radical (unpaired) electrons. The first-order valence-electron chi connectivity index (χ1n) is 11.7. The highest BCUT2D eigenvalue weighted by atomic mass is 16.5. The normalized spacial score (nSPS) is 19.8. The minimum atomic E-state index is -0.372. The van der Waals surface area contributed by atoms with Crippen molar-refractivity contribution in [1.82, 2.24) is 10.2 Å². The number of likely N-dealkylation sites (tertiary alicyclic amines) is 1. The zero-order chi connectivity index (χ0) is 21.8. The summed E-state index contributed by atoms with van der Waals surface area (Å²) >= 11 is 0. The Kier molecular flexibility index (Phi) is 6.78. The number of carbonyl (C=O) groups excluding carboxylic acids is 1. The summed E-state index contributed by atoms with van der Waals surface area (Å²) in [5.74, 6) is 0.224. The largest absolute Gasteiger partial charge is 0.381 e. The van der Waals surface area contributed by atoms with Gasteiger partial charge in [-0.05, 0) is 82.8 Å². The number of rotatable bonds is 5. The number of amides is 1. The molecular formula is C27H36N2O2. The van der Waals surface area contributed by atoms with Gasteiger partial charge in [0, 0.05) is 19.3 Å². The number of hydrogen-bond acceptors (Lipinski definition) is 3. The molecule has 4 heteroatoms. The minimum Gasteiger partial charge on any atom is -0.381 e. The number of piperidine rings is 1. The van der Waals surface area contributed by atoms with E-state index < -0.39 is 0 Å². The van der Waals surface area contributed by atoms with Crippen LogP contribution in [-0.2, 0) is 16.0 Å². The highest BCUT2D eigenvalue weighted by molar-refractivity contribution is 5.83. The van der Waals surface area contributed by atoms with E-state index >= 15 is 0 Å². The average molecular weight is 421 g/mol. The molecule has 0 aromatic heterocycles. The highest BCUT2D eigenvalue weighted by Crippen LogP contribution is 2.36. The Morgan fingerprint density at radius 2 is 1.71 bits per heavy atom. The second kappa shape index (κ2) is 9.54. The molecule has 0 atom stereocenters. The van der Waals surface area contributed by atoms with Crippen LogP contribution in [0.3, 0.4) is 0 Å². The van der Waals surface area contributed by atoms with Crippen molar-refractivity contribution in [2.45, 2.75) is 52.0 Å². The van der Waals surface area contributed by atoms with E-state index in [1.54, 1.807) is 0 Å². The van der Waals surface area contributed by atoms with Crippen molar-refractivity contribution >= 4 is 5.91 Å². The molecule has 31 heavy (non-hydrogen) atoms. The van der Waals surface area contributed by atoms with Gasteiger partial charge in [-0.3, -0.25) is 4.79 Å². The SMILES string of the molecule is Cc1cc(C)cc(-c2cccc(CC3(C(=O)NC4CCN(C)CC4)CCOCC3)c2)c1. The van der Waals surface area contributed by atoms with Crippen LogP contribution >= 0.6 is 0 Å². The molecule has 0 aliphatic carbocycles. The third-order valence-corrected chi connectivity index (χ3v) is 7.01. The van der Waals surface area contributed by atoms with Gasteiger partial charge >= 0.3 is 0 Å². The lowest BCUT2D eigenvalue weighted by molar-refractivity contribution is -0.137. The molecule has 2 aromatic carbocycles. The molecule has 2 fully saturated rings. The zero-order valence-electron chi connectivity index (χ0n) is 19.2. The summed E-state index contributed by atoms with van der Waals surface area (Å²) in [5, 5.41) is 3.41. The standard InChI is InChI=1S/C27H36N2O2/c1-20-15-21(2)17-24(16-20)23-6-4-5-22(18-23)19-27(9-13-31-14-10-27)26(30)28-25-7-11-29(3)12-8-25/h4-6,15-18,25H,7-14,19H2,1-3H3,(H,28,30). The summed E-state index contributed by atoms with van der Waals surface area (Å²) in [5.41, 5.74) is 5.89. The first-order chi connectivity index (χ1) is 14.9. The van der Waals surface area contributed by atoms with Gasteiger partial charge in [-0.15, -0.1) is 0 Å². The summed E-state index contributed by atoms with van der Waals surface area (Å²) in [6, 6.07) is 15.7. The van der Waals surface area contributed by atoms with E-state index in [-0.39, 0.29) is 11.3 Å². The van der Waals surface area contributed by atoms with Crippen LogP contribution in [-0.4, -0.2) is 50.2 Å². The van der Waals surface area contributed by atoms with Gasteiger partial charge in [-0.1, -0.05) is 53.6 Å². The Bertz CT molecular complexity index is 889. The predicted octanol–water partition coefficient (Wildman–Crippen LogP) is 4.52. The molecule has 2 saturated heterocycles. The molecule has 4 rings (SSSR count). The van der Waals surface area contributed by atoms with E-state index in [1.165, 1.54) is 27.8 Å². The fraction of sp³-hybridized carbons (Fsp3) is 0.519. The third-order valence-electron chi connectivity index (χ3n) is 7.01. The maximum atomic E-state index is 13.5. The molecule has 166 valence electrons. The second-order valence-electron chi connectivity index (χ2n) is 9.70. The number of aryl methyl sites for hydroxylation is 2. The number of nitrogens with one attached hydrogen (secondary N) is 1. The van der Waals surface area contributed by atoms with Crippen molar-refractivity contribution in [1.29, 1.82) is 0 Å². The molecule has 1 amide bonds. The molecule has 0 spiro atoms. The number of benzene rings is 2. The molecule has 2 aliphatic heterocycles. The summed E-state index contributed by atoms with van der Waals surface area (Å²) in [4.78, 5) is 15.9. The third kappa shape index (κ3) is 5.36. The van der Waals surface area contributed by atoms with Gasteiger partial charge < -0.3 is 15.0 Å². The predicted molar refractivity (Wildman–Crippen MR) is 126 cm³/mol. The van der Waals surface area contributed by atoms with Gasteiger partial charge in [0.2, 0.25) is 5.91 Å². The number of ether oxygens (including phenoxy) is 1. The Morgan fingerprint density at radius 1 is 1.03 bits per heavy atom. The Balaban J connectivity index is 1.54. The van der Waals surface area contributed by atoms with Crippen LogP contribution in [0, 0.1) is 19.3 Å². The van der Waals surface area contributed by atoms with Crippen molar-refractivity contribution in [3.8, 4) is 11.1 Å². The van der Waals surface area contributed by atoms with E-state index in [0.717, 1.165) is 45.2 Å². The monoisotopic (exact) mass is 420 g/mol. The van der Waals surface area contributed by atoms with Crippen LogP contribution in [0.25, 0.3) is 11.1 Å². The fourth-order valence-electron chi connectivity index (χ4n) is 5.13. The van der Waals surface area contributed by atoms with E-state index in [2.05, 4.69) is 73.6 Å². The van der Waals surface area contributed by atoms with Crippen LogP contribution in [0.4, 0.5) is 0 Å². The van der Waals surface area contributed by atoms with E-state index in [9.17, 15) is 4.79 Å². The molecular weight excluding hydrogens is 384 g/mol. The van der Waals surface area contributed by atoms with Crippen LogP contribution in [0.1, 0.15) is 42.4 Å². The summed E-state index contributed by atoms with van der Waals surface area (Å²) in [6.45, 7) is 7.72. The molecule has 1 N–H and O–H groups in total. The Morgan fingerprint density at radius 3 is 2.39 bits per heavy atom. The maximum Gasteiger partial charge on any atom is 0.226 e. The lowest BCUT2D eigenvalue weighted by Gasteiger charge is -2.38. The minimum absolute atomic E-state index is 0.224. The highest BCUT2D eigenvalue weighted by Gasteiger charge is 2.41. The first-order valence-corrected chi connectivity index (χ1v) is 11.7. The quantitative estimate of drug-likeness (QED) is 0.773. The molecule has 4 nitrogen and oxygen atoms in total. The maximum absolute atomic E-state index is 13.5. The van der Waals surface area contributed by atoms with Crippen molar-refractivity contribution < 1.29 is 9.53 Å². The lowest BCUT2D eigenvalue weighted by Crippen LogP contribution is -2.51. The van der Waals surface area contributed by atoms with Gasteiger partial charge in [0.05, 0.1) is 5.41 Å². The van der Waals surface area contributed by atoms with Crippen LogP contribution in [0.5, 0.6) is 0 Å². The lowest BCUT2D eigenvalue weighted by atomic mass is 9.74. The smallest absolute Gasteiger partial charge is 0.226 e.